The summed E-state index contributed by atoms with van der Waals surface area (Å²) in [7, 11) is 0. The van der Waals surface area contributed by atoms with Gasteiger partial charge in [0.1, 0.15) is 0 Å². The highest BCUT2D eigenvalue weighted by Gasteiger charge is 2.16. The highest BCUT2D eigenvalue weighted by Crippen LogP contribution is 2.20. The summed E-state index contributed by atoms with van der Waals surface area (Å²) in [6.07, 6.45) is 2.59. The summed E-state index contributed by atoms with van der Waals surface area (Å²) in [5.74, 6) is 0.106. The highest BCUT2D eigenvalue weighted by atomic mass is 16.1. The molecule has 0 atom stereocenters. The molecule has 0 unspecified atom stereocenters. The van der Waals surface area contributed by atoms with Gasteiger partial charge in [0, 0.05) is 38.4 Å². The monoisotopic (exact) mass is 441 g/mol. The number of hydrogen-bond acceptors (Lipinski definition) is 3. The predicted molar refractivity (Wildman–Crippen MR) is 138 cm³/mol. The predicted octanol–water partition coefficient (Wildman–Crippen LogP) is 4.92. The Kier molecular flexibility index (Phi) is 8.15. The van der Waals surface area contributed by atoms with Crippen molar-refractivity contribution < 1.29 is 4.79 Å². The van der Waals surface area contributed by atoms with Gasteiger partial charge in [-0.3, -0.25) is 9.69 Å². The van der Waals surface area contributed by atoms with Crippen LogP contribution in [0.5, 0.6) is 0 Å². The van der Waals surface area contributed by atoms with E-state index in [1.165, 1.54) is 22.4 Å². The first-order valence-electron chi connectivity index (χ1n) is 12.1. The quantitative estimate of drug-likeness (QED) is 0.479. The number of benzene rings is 3. The van der Waals surface area contributed by atoms with E-state index in [0.717, 1.165) is 57.7 Å². The lowest BCUT2D eigenvalue weighted by Crippen LogP contribution is -2.46. The highest BCUT2D eigenvalue weighted by molar-refractivity contribution is 5.78. The Labute approximate surface area is 198 Å². The Bertz CT molecular complexity index is 1010. The van der Waals surface area contributed by atoms with Gasteiger partial charge in [0.15, 0.2) is 0 Å². The molecule has 1 amide bonds. The third kappa shape index (κ3) is 6.93. The summed E-state index contributed by atoms with van der Waals surface area (Å²) in [5.41, 5.74) is 6.09. The molecule has 0 radical (unpaired) electrons. The van der Waals surface area contributed by atoms with E-state index in [1.807, 2.05) is 18.2 Å². The van der Waals surface area contributed by atoms with Crippen molar-refractivity contribution in [1.29, 1.82) is 0 Å². The van der Waals surface area contributed by atoms with Crippen LogP contribution in [0.4, 0.5) is 5.69 Å². The number of piperazine rings is 1. The van der Waals surface area contributed by atoms with Crippen molar-refractivity contribution >= 4 is 11.6 Å². The van der Waals surface area contributed by atoms with Crippen LogP contribution in [0.3, 0.4) is 0 Å². The molecule has 4 rings (SSSR count). The Morgan fingerprint density at radius 3 is 2.27 bits per heavy atom. The summed E-state index contributed by atoms with van der Waals surface area (Å²) >= 11 is 0. The van der Waals surface area contributed by atoms with Gasteiger partial charge in [-0.1, -0.05) is 66.7 Å². The molecular formula is C29H35N3O. The number of rotatable bonds is 9. The molecule has 3 aromatic rings. The lowest BCUT2D eigenvalue weighted by molar-refractivity contribution is -0.120. The Balaban J connectivity index is 1.10. The van der Waals surface area contributed by atoms with Crippen molar-refractivity contribution in [2.45, 2.75) is 26.2 Å². The van der Waals surface area contributed by atoms with Crippen LogP contribution in [-0.2, 0) is 11.2 Å². The van der Waals surface area contributed by atoms with E-state index in [2.05, 4.69) is 82.7 Å². The summed E-state index contributed by atoms with van der Waals surface area (Å²) < 4.78 is 0. The number of amides is 1. The van der Waals surface area contributed by atoms with Gasteiger partial charge in [0.2, 0.25) is 5.91 Å². The van der Waals surface area contributed by atoms with Crippen molar-refractivity contribution in [2.75, 3.05) is 44.2 Å². The second-order valence-electron chi connectivity index (χ2n) is 8.96. The normalized spacial score (nSPS) is 14.3. The largest absolute Gasteiger partial charge is 0.369 e. The first kappa shape index (κ1) is 23.1. The number of aryl methyl sites for hydroxylation is 1. The average Bonchev–Trinajstić information content (AvgIpc) is 2.85. The van der Waals surface area contributed by atoms with Gasteiger partial charge in [-0.15, -0.1) is 0 Å². The molecule has 4 nitrogen and oxygen atoms in total. The zero-order valence-electron chi connectivity index (χ0n) is 19.7. The van der Waals surface area contributed by atoms with Gasteiger partial charge in [0.25, 0.3) is 0 Å². The lowest BCUT2D eigenvalue weighted by Gasteiger charge is -2.36. The molecular weight excluding hydrogens is 406 g/mol. The zero-order chi connectivity index (χ0) is 22.9. The number of unbranched alkanes of at least 4 members (excludes halogenated alkanes) is 1. The molecule has 0 aliphatic carbocycles. The summed E-state index contributed by atoms with van der Waals surface area (Å²) in [4.78, 5) is 17.3. The first-order chi connectivity index (χ1) is 16.2. The molecule has 0 saturated carbocycles. The zero-order valence-corrected chi connectivity index (χ0v) is 19.7. The lowest BCUT2D eigenvalue weighted by atomic mass is 10.0. The molecule has 0 aromatic heterocycles. The second kappa shape index (κ2) is 11.7. The van der Waals surface area contributed by atoms with Gasteiger partial charge in [0.05, 0.1) is 6.42 Å². The summed E-state index contributed by atoms with van der Waals surface area (Å²) in [5, 5.41) is 3.08. The van der Waals surface area contributed by atoms with E-state index < -0.39 is 0 Å². The SMILES string of the molecule is Cc1cccc(N2CCN(CCCCNC(=O)Cc3ccc(-c4ccccc4)cc3)CC2)c1. The summed E-state index contributed by atoms with van der Waals surface area (Å²) in [6, 6.07) is 27.4. The second-order valence-corrected chi connectivity index (χ2v) is 8.96. The van der Waals surface area contributed by atoms with E-state index >= 15 is 0 Å². The van der Waals surface area contributed by atoms with Gasteiger partial charge in [-0.05, 0) is 60.7 Å². The molecule has 0 bridgehead atoms. The van der Waals surface area contributed by atoms with Crippen LogP contribution in [-0.4, -0.2) is 50.1 Å². The van der Waals surface area contributed by atoms with E-state index in [9.17, 15) is 4.79 Å². The molecule has 4 heteroatoms. The van der Waals surface area contributed by atoms with Crippen LogP contribution in [0.15, 0.2) is 78.9 Å². The molecule has 1 saturated heterocycles. The molecule has 1 fully saturated rings. The maximum atomic E-state index is 12.3. The van der Waals surface area contributed by atoms with E-state index in [-0.39, 0.29) is 5.91 Å². The standard InChI is InChI=1S/C29H35N3O/c1-24-8-7-11-28(22-24)32-20-18-31(19-21-32)17-6-5-16-30-29(33)23-25-12-14-27(15-13-25)26-9-3-2-4-10-26/h2-4,7-15,22H,5-6,16-21,23H2,1H3,(H,30,33). The van der Waals surface area contributed by atoms with Crippen LogP contribution in [0.25, 0.3) is 11.1 Å². The minimum atomic E-state index is 0.106. The van der Waals surface area contributed by atoms with Crippen molar-refractivity contribution in [3.8, 4) is 11.1 Å². The molecule has 1 aliphatic rings. The van der Waals surface area contributed by atoms with E-state index in [1.54, 1.807) is 0 Å². The smallest absolute Gasteiger partial charge is 0.224 e. The molecule has 1 aliphatic heterocycles. The van der Waals surface area contributed by atoms with Crippen molar-refractivity contribution in [2.24, 2.45) is 0 Å². The fourth-order valence-corrected chi connectivity index (χ4v) is 4.44. The summed E-state index contributed by atoms with van der Waals surface area (Å²) in [6.45, 7) is 8.41. The molecule has 3 aromatic carbocycles. The Morgan fingerprint density at radius 1 is 0.818 bits per heavy atom. The van der Waals surface area contributed by atoms with Crippen molar-refractivity contribution in [3.63, 3.8) is 0 Å². The van der Waals surface area contributed by atoms with Crippen LogP contribution >= 0.6 is 0 Å². The minimum absolute atomic E-state index is 0.106. The topological polar surface area (TPSA) is 35.6 Å². The van der Waals surface area contributed by atoms with E-state index in [0.29, 0.717) is 6.42 Å². The van der Waals surface area contributed by atoms with E-state index in [4.69, 9.17) is 0 Å². The number of carbonyl (C=O) groups excluding carboxylic acids is 1. The van der Waals surface area contributed by atoms with Gasteiger partial charge in [-0.2, -0.15) is 0 Å². The number of anilines is 1. The molecule has 33 heavy (non-hydrogen) atoms. The Hall–Kier alpha value is -3.11. The van der Waals surface area contributed by atoms with Gasteiger partial charge < -0.3 is 10.2 Å². The molecule has 172 valence electrons. The fraction of sp³-hybridized carbons (Fsp3) is 0.345. The fourth-order valence-electron chi connectivity index (χ4n) is 4.44. The number of nitrogens with zero attached hydrogens (tertiary/aromatic N) is 2. The third-order valence-corrected chi connectivity index (χ3v) is 6.39. The van der Waals surface area contributed by atoms with Gasteiger partial charge >= 0.3 is 0 Å². The van der Waals surface area contributed by atoms with Crippen LogP contribution in [0.1, 0.15) is 24.0 Å². The molecule has 0 spiro atoms. The number of hydrogen-bond donors (Lipinski definition) is 1. The van der Waals surface area contributed by atoms with Crippen LogP contribution in [0, 0.1) is 6.92 Å². The van der Waals surface area contributed by atoms with Crippen molar-refractivity contribution in [3.05, 3.63) is 90.0 Å². The maximum Gasteiger partial charge on any atom is 0.224 e. The first-order valence-corrected chi connectivity index (χ1v) is 12.1. The molecule has 1 heterocycles. The number of nitrogens with one attached hydrogen (secondary N) is 1. The van der Waals surface area contributed by atoms with Gasteiger partial charge in [-0.25, -0.2) is 0 Å². The van der Waals surface area contributed by atoms with Crippen LogP contribution < -0.4 is 10.2 Å². The minimum Gasteiger partial charge on any atom is -0.369 e. The molecule has 1 N–H and O–H groups in total. The number of carbonyl (C=O) groups is 1. The Morgan fingerprint density at radius 2 is 1.55 bits per heavy atom. The third-order valence-electron chi connectivity index (χ3n) is 6.39. The maximum absolute atomic E-state index is 12.3. The van der Waals surface area contributed by atoms with Crippen molar-refractivity contribution in [1.82, 2.24) is 10.2 Å². The average molecular weight is 442 g/mol. The van der Waals surface area contributed by atoms with Crippen LogP contribution in [0.2, 0.25) is 0 Å².